The maximum Gasteiger partial charge on any atom is 0.255 e. The maximum absolute atomic E-state index is 13.2. The van der Waals surface area contributed by atoms with Crippen molar-refractivity contribution in [2.24, 2.45) is 0 Å². The first-order chi connectivity index (χ1) is 13.2. The minimum Gasteiger partial charge on any atom is -0.373 e. The Kier molecular flexibility index (Phi) is 5.78. The predicted octanol–water partition coefficient (Wildman–Crippen LogP) is 3.02. The molecule has 1 aliphatic rings. The van der Waals surface area contributed by atoms with Crippen LogP contribution in [-0.4, -0.2) is 43.9 Å². The molecule has 1 N–H and O–H groups in total. The highest BCUT2D eigenvalue weighted by Crippen LogP contribution is 2.22. The summed E-state index contributed by atoms with van der Waals surface area (Å²) in [6.45, 7) is 4.13. The number of hydrogen-bond donors (Lipinski definition) is 1. The van der Waals surface area contributed by atoms with E-state index in [1.165, 1.54) is 34.6 Å². The number of hydrogen-bond acceptors (Lipinski definition) is 4. The zero-order valence-corrected chi connectivity index (χ0v) is 16.2. The highest BCUT2D eigenvalue weighted by atomic mass is 32.2. The van der Waals surface area contributed by atoms with Gasteiger partial charge in [0.15, 0.2) is 11.6 Å². The molecule has 0 aliphatic carbocycles. The number of benzene rings is 2. The Balaban J connectivity index is 1.75. The SMILES string of the molecule is CC1CN(S(=O)(=O)c2ccc(C(=O)Nc3ccc(F)c(F)c3)cc2)CC(C)O1. The number of ether oxygens (including phenoxy) is 1. The van der Waals surface area contributed by atoms with E-state index in [2.05, 4.69) is 5.32 Å². The molecule has 1 fully saturated rings. The van der Waals surface area contributed by atoms with Crippen molar-refractivity contribution in [3.05, 3.63) is 59.7 Å². The molecule has 9 heteroatoms. The van der Waals surface area contributed by atoms with Gasteiger partial charge < -0.3 is 10.1 Å². The lowest BCUT2D eigenvalue weighted by molar-refractivity contribution is -0.0440. The smallest absolute Gasteiger partial charge is 0.255 e. The summed E-state index contributed by atoms with van der Waals surface area (Å²) < 4.78 is 58.8. The molecule has 1 amide bonds. The number of morpholine rings is 1. The Hall–Kier alpha value is -2.36. The number of anilines is 1. The largest absolute Gasteiger partial charge is 0.373 e. The fourth-order valence-electron chi connectivity index (χ4n) is 3.03. The maximum atomic E-state index is 13.2. The summed E-state index contributed by atoms with van der Waals surface area (Å²) in [6, 6.07) is 8.44. The summed E-state index contributed by atoms with van der Waals surface area (Å²) in [5.74, 6) is -2.66. The van der Waals surface area contributed by atoms with Gasteiger partial charge in [-0.1, -0.05) is 0 Å². The molecule has 0 saturated carbocycles. The Labute approximate surface area is 162 Å². The van der Waals surface area contributed by atoms with E-state index in [0.29, 0.717) is 0 Å². The van der Waals surface area contributed by atoms with Gasteiger partial charge in [-0.15, -0.1) is 0 Å². The quantitative estimate of drug-likeness (QED) is 0.841. The molecule has 3 rings (SSSR count). The van der Waals surface area contributed by atoms with Crippen molar-refractivity contribution >= 4 is 21.6 Å². The van der Waals surface area contributed by atoms with Crippen molar-refractivity contribution in [1.82, 2.24) is 4.31 Å². The number of carbonyl (C=O) groups excluding carboxylic acids is 1. The number of halogens is 2. The average molecular weight is 410 g/mol. The molecule has 0 radical (unpaired) electrons. The van der Waals surface area contributed by atoms with Crippen molar-refractivity contribution in [3.63, 3.8) is 0 Å². The second kappa shape index (κ2) is 7.94. The monoisotopic (exact) mass is 410 g/mol. The molecule has 1 saturated heterocycles. The minimum absolute atomic E-state index is 0.0678. The lowest BCUT2D eigenvalue weighted by Crippen LogP contribution is -2.48. The van der Waals surface area contributed by atoms with Gasteiger partial charge in [-0.3, -0.25) is 4.79 Å². The number of carbonyl (C=O) groups is 1. The van der Waals surface area contributed by atoms with E-state index < -0.39 is 27.6 Å². The van der Waals surface area contributed by atoms with Crippen LogP contribution < -0.4 is 5.32 Å². The normalized spacial score (nSPS) is 20.7. The van der Waals surface area contributed by atoms with Gasteiger partial charge in [-0.05, 0) is 50.2 Å². The molecule has 0 bridgehead atoms. The van der Waals surface area contributed by atoms with Gasteiger partial charge in [0.1, 0.15) is 0 Å². The first-order valence-corrected chi connectivity index (χ1v) is 10.1. The summed E-state index contributed by atoms with van der Waals surface area (Å²) in [4.78, 5) is 12.3. The third-order valence-electron chi connectivity index (χ3n) is 4.32. The zero-order chi connectivity index (χ0) is 20.5. The van der Waals surface area contributed by atoms with E-state index in [1.54, 1.807) is 0 Å². The van der Waals surface area contributed by atoms with E-state index in [9.17, 15) is 22.0 Å². The molecule has 1 heterocycles. The number of sulfonamides is 1. The van der Waals surface area contributed by atoms with Crippen molar-refractivity contribution < 1.29 is 26.7 Å². The molecule has 28 heavy (non-hydrogen) atoms. The Bertz CT molecular complexity index is 970. The van der Waals surface area contributed by atoms with Crippen LogP contribution in [0.5, 0.6) is 0 Å². The van der Waals surface area contributed by atoms with Crippen LogP contribution >= 0.6 is 0 Å². The lowest BCUT2D eigenvalue weighted by atomic mass is 10.2. The summed E-state index contributed by atoms with van der Waals surface area (Å²) >= 11 is 0. The molecular weight excluding hydrogens is 390 g/mol. The first-order valence-electron chi connectivity index (χ1n) is 8.69. The highest BCUT2D eigenvalue weighted by Gasteiger charge is 2.32. The van der Waals surface area contributed by atoms with Gasteiger partial charge in [0.2, 0.25) is 10.0 Å². The van der Waals surface area contributed by atoms with Gasteiger partial charge in [0.25, 0.3) is 5.91 Å². The molecule has 2 unspecified atom stereocenters. The second-order valence-corrected chi connectivity index (χ2v) is 8.62. The van der Waals surface area contributed by atoms with E-state index >= 15 is 0 Å². The predicted molar refractivity (Wildman–Crippen MR) is 99.5 cm³/mol. The van der Waals surface area contributed by atoms with Crippen LogP contribution in [0.15, 0.2) is 47.4 Å². The molecule has 2 atom stereocenters. The van der Waals surface area contributed by atoms with Gasteiger partial charge in [0.05, 0.1) is 17.1 Å². The topological polar surface area (TPSA) is 75.7 Å². The molecular formula is C19H20F2N2O4S. The summed E-state index contributed by atoms with van der Waals surface area (Å²) in [6.07, 6.45) is -0.417. The highest BCUT2D eigenvalue weighted by molar-refractivity contribution is 7.89. The van der Waals surface area contributed by atoms with Crippen molar-refractivity contribution in [3.8, 4) is 0 Å². The Morgan fingerprint density at radius 3 is 2.21 bits per heavy atom. The van der Waals surface area contributed by atoms with E-state index in [-0.39, 0.29) is 41.4 Å². The molecule has 6 nitrogen and oxygen atoms in total. The molecule has 2 aromatic rings. The third-order valence-corrected chi connectivity index (χ3v) is 6.16. The van der Waals surface area contributed by atoms with E-state index in [4.69, 9.17) is 4.74 Å². The Morgan fingerprint density at radius 2 is 1.64 bits per heavy atom. The summed E-state index contributed by atoms with van der Waals surface area (Å²) in [7, 11) is -3.71. The van der Waals surface area contributed by atoms with Crippen molar-refractivity contribution in [2.45, 2.75) is 31.0 Å². The molecule has 150 valence electrons. The standard InChI is InChI=1S/C19H20F2N2O4S/c1-12-10-23(11-13(2)27-12)28(25,26)16-6-3-14(4-7-16)19(24)22-15-5-8-17(20)18(21)9-15/h3-9,12-13H,10-11H2,1-2H3,(H,22,24). The van der Waals surface area contributed by atoms with Crippen LogP contribution in [0.2, 0.25) is 0 Å². The van der Waals surface area contributed by atoms with Crippen LogP contribution in [0.1, 0.15) is 24.2 Å². The van der Waals surface area contributed by atoms with Gasteiger partial charge in [0, 0.05) is 30.4 Å². The second-order valence-electron chi connectivity index (χ2n) is 6.69. The van der Waals surface area contributed by atoms with Crippen LogP contribution in [0.3, 0.4) is 0 Å². The van der Waals surface area contributed by atoms with Crippen LogP contribution in [0, 0.1) is 11.6 Å². The van der Waals surface area contributed by atoms with Crippen LogP contribution in [0.25, 0.3) is 0 Å². The molecule has 0 spiro atoms. The zero-order valence-electron chi connectivity index (χ0n) is 15.4. The lowest BCUT2D eigenvalue weighted by Gasteiger charge is -2.34. The fourth-order valence-corrected chi connectivity index (χ4v) is 4.62. The summed E-state index contributed by atoms with van der Waals surface area (Å²) in [5.41, 5.74) is 0.282. The number of nitrogens with zero attached hydrogens (tertiary/aromatic N) is 1. The van der Waals surface area contributed by atoms with E-state index in [0.717, 1.165) is 12.1 Å². The van der Waals surface area contributed by atoms with Crippen LogP contribution in [0.4, 0.5) is 14.5 Å². The first kappa shape index (κ1) is 20.4. The van der Waals surface area contributed by atoms with Gasteiger partial charge >= 0.3 is 0 Å². The average Bonchev–Trinajstić information content (AvgIpc) is 2.64. The van der Waals surface area contributed by atoms with Crippen molar-refractivity contribution in [2.75, 3.05) is 18.4 Å². The number of rotatable bonds is 4. The van der Waals surface area contributed by atoms with Gasteiger partial charge in [-0.25, -0.2) is 17.2 Å². The Morgan fingerprint density at radius 1 is 1.04 bits per heavy atom. The minimum atomic E-state index is -3.71. The number of amides is 1. The molecule has 1 aliphatic heterocycles. The molecule has 2 aromatic carbocycles. The summed E-state index contributed by atoms with van der Waals surface area (Å²) in [5, 5.41) is 2.44. The third kappa shape index (κ3) is 4.37. The van der Waals surface area contributed by atoms with Crippen LogP contribution in [-0.2, 0) is 14.8 Å². The van der Waals surface area contributed by atoms with Crippen molar-refractivity contribution in [1.29, 1.82) is 0 Å². The number of nitrogens with one attached hydrogen (secondary N) is 1. The fraction of sp³-hybridized carbons (Fsp3) is 0.316. The van der Waals surface area contributed by atoms with E-state index in [1.807, 2.05) is 13.8 Å². The molecule has 0 aromatic heterocycles. The van der Waals surface area contributed by atoms with Gasteiger partial charge in [-0.2, -0.15) is 4.31 Å².